The van der Waals surface area contributed by atoms with Crippen molar-refractivity contribution in [1.29, 1.82) is 0 Å². The first-order valence-electron chi connectivity index (χ1n) is 8.68. The van der Waals surface area contributed by atoms with E-state index < -0.39 is 5.82 Å². The predicted molar refractivity (Wildman–Crippen MR) is 92.9 cm³/mol. The van der Waals surface area contributed by atoms with Crippen molar-refractivity contribution >= 4 is 0 Å². The standard InChI is InChI=1S/C18H21FN6O/c1-13-9-14(23-22-13)10-24-11-15-4-7-21-25(15)8-5-16(24)12-26-18-17(19)3-2-6-20-18/h2-4,6-7,9,16H,5,8,10-12H2,1H3,(H,22,23). The van der Waals surface area contributed by atoms with Gasteiger partial charge in [-0.15, -0.1) is 0 Å². The fraction of sp³-hybridized carbons (Fsp3) is 0.389. The molecule has 7 nitrogen and oxygen atoms in total. The zero-order valence-corrected chi connectivity index (χ0v) is 14.6. The molecule has 0 saturated carbocycles. The minimum absolute atomic E-state index is 0.0463. The second-order valence-electron chi connectivity index (χ2n) is 6.54. The lowest BCUT2D eigenvalue weighted by Gasteiger charge is -2.28. The number of ether oxygens (including phenoxy) is 1. The van der Waals surface area contributed by atoms with Crippen molar-refractivity contribution in [3.63, 3.8) is 0 Å². The number of aromatic nitrogens is 5. The van der Waals surface area contributed by atoms with Gasteiger partial charge in [-0.3, -0.25) is 14.7 Å². The van der Waals surface area contributed by atoms with Crippen molar-refractivity contribution in [2.45, 2.75) is 39.0 Å². The van der Waals surface area contributed by atoms with Crippen LogP contribution in [-0.4, -0.2) is 42.5 Å². The van der Waals surface area contributed by atoms with Crippen molar-refractivity contribution in [2.24, 2.45) is 0 Å². The van der Waals surface area contributed by atoms with Crippen molar-refractivity contribution in [3.05, 3.63) is 59.6 Å². The number of pyridine rings is 1. The highest BCUT2D eigenvalue weighted by Gasteiger charge is 2.26. The normalized spacial score (nSPS) is 17.7. The quantitative estimate of drug-likeness (QED) is 0.759. The van der Waals surface area contributed by atoms with Crippen LogP contribution >= 0.6 is 0 Å². The molecular formula is C18H21FN6O. The summed E-state index contributed by atoms with van der Waals surface area (Å²) in [5, 5.41) is 11.7. The summed E-state index contributed by atoms with van der Waals surface area (Å²) in [5.41, 5.74) is 3.16. The van der Waals surface area contributed by atoms with E-state index in [9.17, 15) is 4.39 Å². The van der Waals surface area contributed by atoms with E-state index in [1.54, 1.807) is 6.07 Å². The monoisotopic (exact) mass is 356 g/mol. The minimum atomic E-state index is -0.441. The van der Waals surface area contributed by atoms with E-state index in [0.717, 1.165) is 36.6 Å². The summed E-state index contributed by atoms with van der Waals surface area (Å²) in [6.45, 7) is 4.58. The summed E-state index contributed by atoms with van der Waals surface area (Å²) in [7, 11) is 0. The Kier molecular flexibility index (Phi) is 4.66. The van der Waals surface area contributed by atoms with E-state index in [2.05, 4.69) is 25.2 Å². The molecule has 0 saturated heterocycles. The van der Waals surface area contributed by atoms with Gasteiger partial charge >= 0.3 is 0 Å². The number of halogens is 1. The Bertz CT molecular complexity index is 876. The number of hydrogen-bond donors (Lipinski definition) is 1. The molecule has 0 fully saturated rings. The Morgan fingerprint density at radius 1 is 1.35 bits per heavy atom. The van der Waals surface area contributed by atoms with Gasteiger partial charge in [-0.05, 0) is 37.6 Å². The third kappa shape index (κ3) is 3.60. The van der Waals surface area contributed by atoms with Crippen LogP contribution in [0.25, 0.3) is 0 Å². The molecule has 8 heteroatoms. The van der Waals surface area contributed by atoms with Gasteiger partial charge < -0.3 is 4.74 Å². The van der Waals surface area contributed by atoms with Gasteiger partial charge in [0.2, 0.25) is 5.88 Å². The first kappa shape index (κ1) is 16.7. The highest BCUT2D eigenvalue weighted by atomic mass is 19.1. The van der Waals surface area contributed by atoms with Crippen LogP contribution in [0, 0.1) is 12.7 Å². The number of rotatable bonds is 5. The Hall–Kier alpha value is -2.74. The van der Waals surface area contributed by atoms with Gasteiger partial charge in [-0.25, -0.2) is 9.37 Å². The molecule has 4 rings (SSSR count). The second kappa shape index (κ2) is 7.25. The van der Waals surface area contributed by atoms with Crippen LogP contribution in [0.1, 0.15) is 23.5 Å². The molecule has 1 aliphatic rings. The molecule has 1 aliphatic heterocycles. The number of fused-ring (bicyclic) bond motifs is 1. The zero-order valence-electron chi connectivity index (χ0n) is 14.6. The van der Waals surface area contributed by atoms with Crippen molar-refractivity contribution in [3.8, 4) is 5.88 Å². The lowest BCUT2D eigenvalue weighted by Crippen LogP contribution is -2.38. The SMILES string of the molecule is Cc1cc(CN2Cc3ccnn3CCC2COc2ncccc2F)n[nH]1. The number of nitrogens with one attached hydrogen (secondary N) is 1. The second-order valence-corrected chi connectivity index (χ2v) is 6.54. The number of hydrogen-bond acceptors (Lipinski definition) is 5. The number of H-pyrrole nitrogens is 1. The molecule has 0 radical (unpaired) electrons. The van der Waals surface area contributed by atoms with Gasteiger partial charge in [0.25, 0.3) is 0 Å². The Morgan fingerprint density at radius 2 is 2.27 bits per heavy atom. The summed E-state index contributed by atoms with van der Waals surface area (Å²) < 4.78 is 21.5. The molecule has 4 heterocycles. The van der Waals surface area contributed by atoms with Crippen LogP contribution < -0.4 is 4.74 Å². The molecule has 0 bridgehead atoms. The molecule has 136 valence electrons. The van der Waals surface area contributed by atoms with E-state index in [0.29, 0.717) is 13.2 Å². The van der Waals surface area contributed by atoms with Crippen LogP contribution in [0.5, 0.6) is 5.88 Å². The van der Waals surface area contributed by atoms with Crippen LogP contribution in [0.2, 0.25) is 0 Å². The fourth-order valence-corrected chi connectivity index (χ4v) is 3.28. The highest BCUT2D eigenvalue weighted by molar-refractivity contribution is 5.13. The van der Waals surface area contributed by atoms with Crippen LogP contribution in [-0.2, 0) is 19.6 Å². The lowest BCUT2D eigenvalue weighted by atomic mass is 10.1. The summed E-state index contributed by atoms with van der Waals surface area (Å²) in [4.78, 5) is 6.28. The number of aromatic amines is 1. The third-order valence-corrected chi connectivity index (χ3v) is 4.62. The van der Waals surface area contributed by atoms with E-state index in [-0.39, 0.29) is 11.9 Å². The summed E-state index contributed by atoms with van der Waals surface area (Å²) >= 11 is 0. The average Bonchev–Trinajstić information content (AvgIpc) is 3.21. The maximum atomic E-state index is 13.8. The van der Waals surface area contributed by atoms with Crippen LogP contribution in [0.4, 0.5) is 4.39 Å². The molecule has 0 spiro atoms. The van der Waals surface area contributed by atoms with Gasteiger partial charge in [0, 0.05) is 43.8 Å². The summed E-state index contributed by atoms with van der Waals surface area (Å²) in [6.07, 6.45) is 4.21. The van der Waals surface area contributed by atoms with Crippen LogP contribution in [0.15, 0.2) is 36.7 Å². The maximum Gasteiger partial charge on any atom is 0.250 e. The minimum Gasteiger partial charge on any atom is -0.474 e. The molecule has 0 amide bonds. The molecule has 1 unspecified atom stereocenters. The molecule has 1 atom stereocenters. The van der Waals surface area contributed by atoms with Crippen molar-refractivity contribution < 1.29 is 9.13 Å². The first-order valence-corrected chi connectivity index (χ1v) is 8.68. The molecule has 1 N–H and O–H groups in total. The van der Waals surface area contributed by atoms with Crippen LogP contribution in [0.3, 0.4) is 0 Å². The van der Waals surface area contributed by atoms with Crippen molar-refractivity contribution in [2.75, 3.05) is 6.61 Å². The van der Waals surface area contributed by atoms with Gasteiger partial charge in [0.1, 0.15) is 6.61 Å². The Balaban J connectivity index is 1.52. The number of nitrogens with zero attached hydrogens (tertiary/aromatic N) is 5. The van der Waals surface area contributed by atoms with Gasteiger partial charge in [0.15, 0.2) is 5.82 Å². The maximum absolute atomic E-state index is 13.8. The van der Waals surface area contributed by atoms with Gasteiger partial charge in [-0.1, -0.05) is 0 Å². The predicted octanol–water partition coefficient (Wildman–Crippen LogP) is 2.30. The van der Waals surface area contributed by atoms with Gasteiger partial charge in [-0.2, -0.15) is 10.2 Å². The van der Waals surface area contributed by atoms with E-state index in [1.807, 2.05) is 29.9 Å². The highest BCUT2D eigenvalue weighted by Crippen LogP contribution is 2.21. The summed E-state index contributed by atoms with van der Waals surface area (Å²) in [5.74, 6) is -0.395. The Morgan fingerprint density at radius 3 is 3.08 bits per heavy atom. The van der Waals surface area contributed by atoms with Crippen molar-refractivity contribution in [1.82, 2.24) is 29.9 Å². The summed E-state index contributed by atoms with van der Waals surface area (Å²) in [6, 6.07) is 7.09. The topological polar surface area (TPSA) is 71.9 Å². The molecule has 0 aromatic carbocycles. The first-order chi connectivity index (χ1) is 12.7. The third-order valence-electron chi connectivity index (χ3n) is 4.62. The zero-order chi connectivity index (χ0) is 17.9. The number of aryl methyl sites for hydroxylation is 2. The van der Waals surface area contributed by atoms with E-state index in [4.69, 9.17) is 4.74 Å². The fourth-order valence-electron chi connectivity index (χ4n) is 3.28. The largest absolute Gasteiger partial charge is 0.474 e. The molecule has 3 aromatic heterocycles. The molecule has 26 heavy (non-hydrogen) atoms. The van der Waals surface area contributed by atoms with E-state index in [1.165, 1.54) is 12.3 Å². The Labute approximate surface area is 150 Å². The molecule has 3 aromatic rings. The van der Waals surface area contributed by atoms with Gasteiger partial charge in [0.05, 0.1) is 11.4 Å². The average molecular weight is 356 g/mol. The lowest BCUT2D eigenvalue weighted by molar-refractivity contribution is 0.112. The molecule has 0 aliphatic carbocycles. The van der Waals surface area contributed by atoms with E-state index >= 15 is 0 Å². The molecular weight excluding hydrogens is 335 g/mol. The smallest absolute Gasteiger partial charge is 0.250 e.